The zero-order valence-corrected chi connectivity index (χ0v) is 10.2. The molecule has 0 radical (unpaired) electrons. The minimum Gasteiger partial charge on any atom is -0.377 e. The van der Waals surface area contributed by atoms with Gasteiger partial charge < -0.3 is 10.1 Å². The second-order valence-corrected chi connectivity index (χ2v) is 6.35. The van der Waals surface area contributed by atoms with Crippen molar-refractivity contribution in [2.45, 2.75) is 50.0 Å². The maximum atomic E-state index is 11.9. The van der Waals surface area contributed by atoms with E-state index in [0.717, 1.165) is 37.8 Å². The lowest BCUT2D eigenvalue weighted by Crippen LogP contribution is -2.26. The summed E-state index contributed by atoms with van der Waals surface area (Å²) in [5, 5.41) is 3.73. The fraction of sp³-hybridized carbons (Fsp3) is 1.00. The molecule has 1 heterocycles. The standard InChI is InChI=1S/C11H21NO2S/c1-9-11(5-7-14-9)15(13)8-2-6-12-10-3-4-10/h9-12H,2-8H2,1H3. The third-order valence-corrected chi connectivity index (χ3v) is 5.16. The van der Waals surface area contributed by atoms with Crippen molar-refractivity contribution in [3.8, 4) is 0 Å². The molecule has 1 saturated carbocycles. The Morgan fingerprint density at radius 2 is 2.20 bits per heavy atom. The fourth-order valence-electron chi connectivity index (χ4n) is 2.02. The Morgan fingerprint density at radius 1 is 1.40 bits per heavy atom. The summed E-state index contributed by atoms with van der Waals surface area (Å²) in [5.74, 6) is 0.831. The summed E-state index contributed by atoms with van der Waals surface area (Å²) >= 11 is 0. The molecular weight excluding hydrogens is 210 g/mol. The van der Waals surface area contributed by atoms with E-state index in [-0.39, 0.29) is 11.4 Å². The monoisotopic (exact) mass is 231 g/mol. The Morgan fingerprint density at radius 3 is 2.80 bits per heavy atom. The highest BCUT2D eigenvalue weighted by Crippen LogP contribution is 2.20. The van der Waals surface area contributed by atoms with Crippen molar-refractivity contribution in [3.05, 3.63) is 0 Å². The molecular formula is C11H21NO2S. The molecule has 2 fully saturated rings. The number of rotatable bonds is 6. The first-order chi connectivity index (χ1) is 7.27. The van der Waals surface area contributed by atoms with Crippen LogP contribution >= 0.6 is 0 Å². The predicted molar refractivity (Wildman–Crippen MR) is 62.5 cm³/mol. The molecule has 88 valence electrons. The van der Waals surface area contributed by atoms with E-state index >= 15 is 0 Å². The summed E-state index contributed by atoms with van der Waals surface area (Å²) in [7, 11) is -0.685. The minimum atomic E-state index is -0.685. The van der Waals surface area contributed by atoms with Crippen LogP contribution in [0.1, 0.15) is 32.6 Å². The second-order valence-electron chi connectivity index (χ2n) is 4.57. The molecule has 0 aromatic carbocycles. The minimum absolute atomic E-state index is 0.197. The van der Waals surface area contributed by atoms with Crippen LogP contribution in [0.3, 0.4) is 0 Å². The molecule has 3 unspecified atom stereocenters. The second kappa shape index (κ2) is 5.41. The average molecular weight is 231 g/mol. The van der Waals surface area contributed by atoms with Gasteiger partial charge >= 0.3 is 0 Å². The van der Waals surface area contributed by atoms with E-state index in [2.05, 4.69) is 5.32 Å². The van der Waals surface area contributed by atoms with Gasteiger partial charge in [0.15, 0.2) is 0 Å². The number of hydrogen-bond acceptors (Lipinski definition) is 3. The fourth-order valence-corrected chi connectivity index (χ4v) is 3.61. The van der Waals surface area contributed by atoms with Crippen LogP contribution in [0.15, 0.2) is 0 Å². The van der Waals surface area contributed by atoms with E-state index < -0.39 is 10.8 Å². The average Bonchev–Trinajstić information content (AvgIpc) is 2.94. The van der Waals surface area contributed by atoms with Crippen molar-refractivity contribution in [2.75, 3.05) is 18.9 Å². The summed E-state index contributed by atoms with van der Waals surface area (Å²) in [4.78, 5) is 0. The van der Waals surface area contributed by atoms with E-state index in [4.69, 9.17) is 4.74 Å². The molecule has 1 aliphatic heterocycles. The molecule has 2 rings (SSSR count). The normalized spacial score (nSPS) is 33.1. The SMILES string of the molecule is CC1OCCC1S(=O)CCCNC1CC1. The summed E-state index contributed by atoms with van der Waals surface area (Å²) in [6, 6.07) is 0.771. The first-order valence-corrected chi connectivity index (χ1v) is 7.38. The number of nitrogens with one attached hydrogen (secondary N) is 1. The molecule has 0 aromatic heterocycles. The summed E-state index contributed by atoms with van der Waals surface area (Å²) in [6.45, 7) is 3.86. The summed E-state index contributed by atoms with van der Waals surface area (Å²) in [5.41, 5.74) is 0. The van der Waals surface area contributed by atoms with Crippen LogP contribution in [0.25, 0.3) is 0 Å². The van der Waals surface area contributed by atoms with Gasteiger partial charge in [0.2, 0.25) is 0 Å². The molecule has 4 heteroatoms. The highest BCUT2D eigenvalue weighted by atomic mass is 32.2. The van der Waals surface area contributed by atoms with Gasteiger partial charge in [-0.1, -0.05) is 0 Å². The molecule has 1 saturated heterocycles. The third kappa shape index (κ3) is 3.54. The third-order valence-electron chi connectivity index (χ3n) is 3.18. The zero-order chi connectivity index (χ0) is 10.7. The Bertz CT molecular complexity index is 231. The number of ether oxygens (including phenoxy) is 1. The van der Waals surface area contributed by atoms with E-state index in [0.29, 0.717) is 0 Å². The Balaban J connectivity index is 1.58. The highest BCUT2D eigenvalue weighted by Gasteiger charge is 2.29. The van der Waals surface area contributed by atoms with Crippen LogP contribution in [-0.4, -0.2) is 40.5 Å². The summed E-state index contributed by atoms with van der Waals surface area (Å²) in [6.07, 6.45) is 4.87. The molecule has 2 aliphatic rings. The quantitative estimate of drug-likeness (QED) is 0.695. The maximum absolute atomic E-state index is 11.9. The van der Waals surface area contributed by atoms with Gasteiger partial charge in [0.05, 0.1) is 11.4 Å². The van der Waals surface area contributed by atoms with Gasteiger partial charge in [0.25, 0.3) is 0 Å². The smallest absolute Gasteiger partial charge is 0.0691 e. The van der Waals surface area contributed by atoms with E-state index in [1.807, 2.05) is 6.92 Å². The van der Waals surface area contributed by atoms with Crippen LogP contribution in [0.4, 0.5) is 0 Å². The highest BCUT2D eigenvalue weighted by molar-refractivity contribution is 7.85. The van der Waals surface area contributed by atoms with E-state index in [9.17, 15) is 4.21 Å². The number of hydrogen-bond donors (Lipinski definition) is 1. The van der Waals surface area contributed by atoms with Gasteiger partial charge in [-0.25, -0.2) is 0 Å². The van der Waals surface area contributed by atoms with Gasteiger partial charge in [-0.2, -0.15) is 0 Å². The van der Waals surface area contributed by atoms with Crippen LogP contribution in [-0.2, 0) is 15.5 Å². The van der Waals surface area contributed by atoms with Crippen LogP contribution in [0, 0.1) is 0 Å². The van der Waals surface area contributed by atoms with Crippen LogP contribution in [0.2, 0.25) is 0 Å². The first-order valence-electron chi connectivity index (χ1n) is 5.99. The lowest BCUT2D eigenvalue weighted by Gasteiger charge is -2.13. The molecule has 3 nitrogen and oxygen atoms in total. The topological polar surface area (TPSA) is 38.3 Å². The zero-order valence-electron chi connectivity index (χ0n) is 9.41. The van der Waals surface area contributed by atoms with Crippen molar-refractivity contribution in [3.63, 3.8) is 0 Å². The van der Waals surface area contributed by atoms with E-state index in [1.54, 1.807) is 0 Å². The molecule has 0 aromatic rings. The molecule has 0 bridgehead atoms. The van der Waals surface area contributed by atoms with Crippen LogP contribution in [0.5, 0.6) is 0 Å². The van der Waals surface area contributed by atoms with Crippen molar-refractivity contribution < 1.29 is 8.95 Å². The predicted octanol–water partition coefficient (Wildman–Crippen LogP) is 1.05. The van der Waals surface area contributed by atoms with Gasteiger partial charge in [-0.3, -0.25) is 4.21 Å². The summed E-state index contributed by atoms with van der Waals surface area (Å²) < 4.78 is 17.4. The molecule has 1 N–H and O–H groups in total. The van der Waals surface area contributed by atoms with Crippen molar-refractivity contribution in [1.82, 2.24) is 5.32 Å². The first kappa shape index (κ1) is 11.6. The Kier molecular flexibility index (Phi) is 4.17. The molecule has 0 amide bonds. The Labute approximate surface area is 94.4 Å². The van der Waals surface area contributed by atoms with E-state index in [1.165, 1.54) is 12.8 Å². The Hall–Kier alpha value is 0.0700. The van der Waals surface area contributed by atoms with Crippen molar-refractivity contribution in [1.29, 1.82) is 0 Å². The lowest BCUT2D eigenvalue weighted by atomic mass is 10.3. The molecule has 15 heavy (non-hydrogen) atoms. The van der Waals surface area contributed by atoms with Gasteiger partial charge in [0, 0.05) is 29.2 Å². The van der Waals surface area contributed by atoms with Gasteiger partial charge in [0.1, 0.15) is 0 Å². The van der Waals surface area contributed by atoms with Gasteiger partial charge in [-0.15, -0.1) is 0 Å². The molecule has 3 atom stereocenters. The van der Waals surface area contributed by atoms with Crippen molar-refractivity contribution >= 4 is 10.8 Å². The largest absolute Gasteiger partial charge is 0.377 e. The lowest BCUT2D eigenvalue weighted by molar-refractivity contribution is 0.127. The molecule has 0 spiro atoms. The maximum Gasteiger partial charge on any atom is 0.0691 e. The van der Waals surface area contributed by atoms with Crippen molar-refractivity contribution in [2.24, 2.45) is 0 Å². The molecule has 1 aliphatic carbocycles. The van der Waals surface area contributed by atoms with Gasteiger partial charge in [-0.05, 0) is 39.2 Å². The van der Waals surface area contributed by atoms with Crippen LogP contribution < -0.4 is 5.32 Å².